The standard InChI is InChI=1S/C13H9F3O2/c1-2-12-7(3-4-18-12)13(17)8-5-10(15)11(16)6-9(8)14/h3-6H,2H2,1H3. The fraction of sp³-hybridized carbons (Fsp3) is 0.154. The van der Waals surface area contributed by atoms with Crippen molar-refractivity contribution in [2.75, 3.05) is 0 Å². The average Bonchev–Trinajstić information content (AvgIpc) is 2.81. The van der Waals surface area contributed by atoms with Gasteiger partial charge in [-0.2, -0.15) is 0 Å². The number of hydrogen-bond acceptors (Lipinski definition) is 2. The Hall–Kier alpha value is -2.04. The van der Waals surface area contributed by atoms with Crippen molar-refractivity contribution in [3.8, 4) is 0 Å². The van der Waals surface area contributed by atoms with Gasteiger partial charge in [-0.3, -0.25) is 4.79 Å². The predicted octanol–water partition coefficient (Wildman–Crippen LogP) is 3.49. The number of furan rings is 1. The van der Waals surface area contributed by atoms with Crippen LogP contribution in [0.2, 0.25) is 0 Å². The molecule has 0 unspecified atom stereocenters. The maximum atomic E-state index is 13.5. The van der Waals surface area contributed by atoms with E-state index in [4.69, 9.17) is 4.42 Å². The van der Waals surface area contributed by atoms with Gasteiger partial charge >= 0.3 is 0 Å². The van der Waals surface area contributed by atoms with E-state index in [9.17, 15) is 18.0 Å². The lowest BCUT2D eigenvalue weighted by Gasteiger charge is -2.03. The molecule has 0 N–H and O–H groups in total. The summed E-state index contributed by atoms with van der Waals surface area (Å²) in [5.41, 5.74) is -0.354. The zero-order valence-electron chi connectivity index (χ0n) is 9.47. The second-order valence-electron chi connectivity index (χ2n) is 3.69. The molecule has 0 saturated heterocycles. The van der Waals surface area contributed by atoms with Crippen LogP contribution in [0.3, 0.4) is 0 Å². The van der Waals surface area contributed by atoms with E-state index in [0.717, 1.165) is 0 Å². The van der Waals surface area contributed by atoms with E-state index in [1.54, 1.807) is 6.92 Å². The van der Waals surface area contributed by atoms with Gasteiger partial charge in [-0.1, -0.05) is 6.92 Å². The highest BCUT2D eigenvalue weighted by atomic mass is 19.2. The summed E-state index contributed by atoms with van der Waals surface area (Å²) in [6.45, 7) is 1.76. The first-order valence-electron chi connectivity index (χ1n) is 5.30. The molecule has 0 spiro atoms. The molecule has 0 aliphatic carbocycles. The van der Waals surface area contributed by atoms with E-state index in [-0.39, 0.29) is 5.56 Å². The molecule has 18 heavy (non-hydrogen) atoms. The third-order valence-corrected chi connectivity index (χ3v) is 2.57. The van der Waals surface area contributed by atoms with Gasteiger partial charge in [0.15, 0.2) is 17.4 Å². The lowest BCUT2D eigenvalue weighted by molar-refractivity contribution is 0.103. The fourth-order valence-electron chi connectivity index (χ4n) is 1.66. The summed E-state index contributed by atoms with van der Waals surface area (Å²) in [5.74, 6) is -4.03. The maximum absolute atomic E-state index is 13.5. The van der Waals surface area contributed by atoms with Gasteiger partial charge in [0.1, 0.15) is 11.6 Å². The van der Waals surface area contributed by atoms with Gasteiger partial charge in [0.2, 0.25) is 0 Å². The Labute approximate surface area is 101 Å². The maximum Gasteiger partial charge on any atom is 0.199 e. The molecule has 2 aromatic rings. The summed E-state index contributed by atoms with van der Waals surface area (Å²) >= 11 is 0. The number of rotatable bonds is 3. The number of carbonyl (C=O) groups excluding carboxylic acids is 1. The summed E-state index contributed by atoms with van der Waals surface area (Å²) < 4.78 is 44.3. The van der Waals surface area contributed by atoms with Crippen LogP contribution in [0.1, 0.15) is 28.6 Å². The Morgan fingerprint density at radius 2 is 1.78 bits per heavy atom. The molecule has 94 valence electrons. The quantitative estimate of drug-likeness (QED) is 0.620. The van der Waals surface area contributed by atoms with E-state index >= 15 is 0 Å². The van der Waals surface area contributed by atoms with E-state index < -0.39 is 28.8 Å². The molecular formula is C13H9F3O2. The van der Waals surface area contributed by atoms with Crippen molar-refractivity contribution in [2.24, 2.45) is 0 Å². The average molecular weight is 254 g/mol. The molecular weight excluding hydrogens is 245 g/mol. The first-order valence-corrected chi connectivity index (χ1v) is 5.30. The molecule has 1 aromatic heterocycles. The minimum atomic E-state index is -1.33. The van der Waals surface area contributed by atoms with Crippen molar-refractivity contribution in [2.45, 2.75) is 13.3 Å². The Morgan fingerprint density at radius 3 is 2.44 bits per heavy atom. The summed E-state index contributed by atoms with van der Waals surface area (Å²) in [6.07, 6.45) is 1.74. The highest BCUT2D eigenvalue weighted by molar-refractivity contribution is 6.09. The van der Waals surface area contributed by atoms with Gasteiger partial charge in [0.25, 0.3) is 0 Å². The van der Waals surface area contributed by atoms with Gasteiger partial charge in [-0.15, -0.1) is 0 Å². The highest BCUT2D eigenvalue weighted by Gasteiger charge is 2.21. The molecule has 5 heteroatoms. The van der Waals surface area contributed by atoms with Crippen molar-refractivity contribution in [1.82, 2.24) is 0 Å². The molecule has 0 bridgehead atoms. The fourth-order valence-corrected chi connectivity index (χ4v) is 1.66. The van der Waals surface area contributed by atoms with E-state index in [0.29, 0.717) is 24.3 Å². The Kier molecular flexibility index (Phi) is 3.23. The van der Waals surface area contributed by atoms with Crippen molar-refractivity contribution < 1.29 is 22.4 Å². The van der Waals surface area contributed by atoms with E-state index in [1.165, 1.54) is 12.3 Å². The largest absolute Gasteiger partial charge is 0.469 e. The third kappa shape index (κ3) is 2.03. The van der Waals surface area contributed by atoms with Crippen LogP contribution >= 0.6 is 0 Å². The molecule has 0 saturated carbocycles. The molecule has 2 nitrogen and oxygen atoms in total. The van der Waals surface area contributed by atoms with Crippen LogP contribution in [-0.2, 0) is 6.42 Å². The normalized spacial score (nSPS) is 10.7. The third-order valence-electron chi connectivity index (χ3n) is 2.57. The molecule has 1 aromatic carbocycles. The molecule has 0 atom stereocenters. The van der Waals surface area contributed by atoms with Gasteiger partial charge < -0.3 is 4.42 Å². The first kappa shape index (κ1) is 12.4. The second kappa shape index (κ2) is 4.68. The van der Waals surface area contributed by atoms with E-state index in [1.807, 2.05) is 0 Å². The molecule has 0 aliphatic heterocycles. The van der Waals surface area contributed by atoms with Crippen LogP contribution in [0.25, 0.3) is 0 Å². The number of carbonyl (C=O) groups is 1. The summed E-state index contributed by atoms with van der Waals surface area (Å²) in [5, 5.41) is 0. The molecule has 1 heterocycles. The number of benzene rings is 1. The van der Waals surface area contributed by atoms with Gasteiger partial charge in [-0.25, -0.2) is 13.2 Å². The van der Waals surface area contributed by atoms with E-state index in [2.05, 4.69) is 0 Å². The van der Waals surface area contributed by atoms with Crippen LogP contribution in [0, 0.1) is 17.5 Å². The van der Waals surface area contributed by atoms with Crippen LogP contribution in [0.15, 0.2) is 28.9 Å². The number of aryl methyl sites for hydroxylation is 1. The predicted molar refractivity (Wildman–Crippen MR) is 57.8 cm³/mol. The van der Waals surface area contributed by atoms with Crippen LogP contribution in [0.5, 0.6) is 0 Å². The van der Waals surface area contributed by atoms with Gasteiger partial charge in [0.05, 0.1) is 17.4 Å². The summed E-state index contributed by atoms with van der Waals surface area (Å²) in [4.78, 5) is 12.0. The number of halogens is 3. The van der Waals surface area contributed by atoms with Gasteiger partial charge in [0, 0.05) is 12.5 Å². The molecule has 0 radical (unpaired) electrons. The molecule has 0 amide bonds. The zero-order valence-corrected chi connectivity index (χ0v) is 9.47. The van der Waals surface area contributed by atoms with Crippen molar-refractivity contribution in [3.05, 3.63) is 58.8 Å². The lowest BCUT2D eigenvalue weighted by atomic mass is 10.0. The SMILES string of the molecule is CCc1occc1C(=O)c1cc(F)c(F)cc1F. The Balaban J connectivity index is 2.50. The van der Waals surface area contributed by atoms with Crippen LogP contribution in [-0.4, -0.2) is 5.78 Å². The monoisotopic (exact) mass is 254 g/mol. The minimum absolute atomic E-state index is 0.155. The lowest BCUT2D eigenvalue weighted by Crippen LogP contribution is -2.07. The smallest absolute Gasteiger partial charge is 0.199 e. The topological polar surface area (TPSA) is 30.2 Å². The van der Waals surface area contributed by atoms with Crippen LogP contribution in [0.4, 0.5) is 13.2 Å². The molecule has 0 fully saturated rings. The minimum Gasteiger partial charge on any atom is -0.469 e. The number of hydrogen-bond donors (Lipinski definition) is 0. The summed E-state index contributed by atoms with van der Waals surface area (Å²) in [6, 6.07) is 2.29. The second-order valence-corrected chi connectivity index (χ2v) is 3.69. The summed E-state index contributed by atoms with van der Waals surface area (Å²) in [7, 11) is 0. The molecule has 0 aliphatic rings. The zero-order chi connectivity index (χ0) is 13.3. The van der Waals surface area contributed by atoms with Crippen molar-refractivity contribution in [1.29, 1.82) is 0 Å². The van der Waals surface area contributed by atoms with Gasteiger partial charge in [-0.05, 0) is 12.1 Å². The van der Waals surface area contributed by atoms with Crippen LogP contribution < -0.4 is 0 Å². The first-order chi connectivity index (χ1) is 8.54. The van der Waals surface area contributed by atoms with Crippen molar-refractivity contribution in [3.63, 3.8) is 0 Å². The Morgan fingerprint density at radius 1 is 1.11 bits per heavy atom. The molecule has 2 rings (SSSR count). The Bertz CT molecular complexity index is 602. The number of ketones is 1. The highest BCUT2D eigenvalue weighted by Crippen LogP contribution is 2.20. The van der Waals surface area contributed by atoms with Crippen molar-refractivity contribution >= 4 is 5.78 Å².